The Kier molecular flexibility index (Phi) is 5.96. The number of methoxy groups -OCH3 is 1. The van der Waals surface area contributed by atoms with E-state index in [2.05, 4.69) is 41.5 Å². The number of hydrogen-bond donors (Lipinski definition) is 1. The van der Waals surface area contributed by atoms with Crippen LogP contribution in [0.2, 0.25) is 0 Å². The molecule has 1 heterocycles. The van der Waals surface area contributed by atoms with E-state index < -0.39 is 0 Å². The zero-order valence-electron chi connectivity index (χ0n) is 12.4. The van der Waals surface area contributed by atoms with E-state index in [4.69, 9.17) is 4.74 Å². The second-order valence-electron chi connectivity index (χ2n) is 5.10. The second kappa shape index (κ2) is 7.98. The summed E-state index contributed by atoms with van der Waals surface area (Å²) in [6.45, 7) is 4.05. The van der Waals surface area contributed by atoms with Crippen molar-refractivity contribution in [2.75, 3.05) is 20.3 Å². The van der Waals surface area contributed by atoms with Crippen molar-refractivity contribution < 1.29 is 4.74 Å². The fraction of sp³-hybridized carbons (Fsp3) is 0.471. The maximum absolute atomic E-state index is 5.16. The summed E-state index contributed by atoms with van der Waals surface area (Å²) in [5, 5.41) is 4.82. The van der Waals surface area contributed by atoms with Gasteiger partial charge in [0.2, 0.25) is 0 Å². The van der Waals surface area contributed by atoms with Gasteiger partial charge in [-0.25, -0.2) is 0 Å². The molecule has 1 unspecified atom stereocenters. The summed E-state index contributed by atoms with van der Waals surface area (Å²) in [6, 6.07) is 11.0. The van der Waals surface area contributed by atoms with Crippen LogP contribution in [0.25, 0.3) is 10.9 Å². The van der Waals surface area contributed by atoms with Crippen LogP contribution in [0, 0.1) is 0 Å². The van der Waals surface area contributed by atoms with Gasteiger partial charge in [-0.15, -0.1) is 0 Å². The van der Waals surface area contributed by atoms with E-state index >= 15 is 0 Å². The minimum Gasteiger partial charge on any atom is -0.385 e. The van der Waals surface area contributed by atoms with Crippen molar-refractivity contribution in [2.45, 2.75) is 32.2 Å². The van der Waals surface area contributed by atoms with Crippen LogP contribution in [0.3, 0.4) is 0 Å². The lowest BCUT2D eigenvalue weighted by Crippen LogP contribution is -2.22. The first-order valence-electron chi connectivity index (χ1n) is 7.42. The van der Waals surface area contributed by atoms with Crippen molar-refractivity contribution >= 4 is 10.9 Å². The topological polar surface area (TPSA) is 34.1 Å². The van der Waals surface area contributed by atoms with Crippen LogP contribution in [0.1, 0.15) is 37.8 Å². The number of nitrogens with one attached hydrogen (secondary N) is 1. The average Bonchev–Trinajstić information content (AvgIpc) is 2.50. The van der Waals surface area contributed by atoms with Gasteiger partial charge in [0.1, 0.15) is 0 Å². The lowest BCUT2D eigenvalue weighted by atomic mass is 10.0. The molecule has 1 aromatic heterocycles. The smallest absolute Gasteiger partial charge is 0.0705 e. The van der Waals surface area contributed by atoms with Gasteiger partial charge < -0.3 is 10.1 Å². The Labute approximate surface area is 121 Å². The van der Waals surface area contributed by atoms with Crippen LogP contribution < -0.4 is 5.32 Å². The summed E-state index contributed by atoms with van der Waals surface area (Å²) < 4.78 is 5.16. The van der Waals surface area contributed by atoms with E-state index in [9.17, 15) is 0 Å². The fourth-order valence-electron chi connectivity index (χ4n) is 2.44. The molecular formula is C17H24N2O. The largest absolute Gasteiger partial charge is 0.385 e. The van der Waals surface area contributed by atoms with Gasteiger partial charge in [-0.2, -0.15) is 0 Å². The van der Waals surface area contributed by atoms with Gasteiger partial charge in [-0.1, -0.05) is 25.1 Å². The van der Waals surface area contributed by atoms with Gasteiger partial charge in [0.25, 0.3) is 0 Å². The number of hydrogen-bond acceptors (Lipinski definition) is 3. The molecule has 0 spiro atoms. The number of ether oxygens (including phenoxy) is 1. The Morgan fingerprint density at radius 2 is 2.20 bits per heavy atom. The van der Waals surface area contributed by atoms with Gasteiger partial charge in [0.15, 0.2) is 0 Å². The molecule has 108 valence electrons. The van der Waals surface area contributed by atoms with Crippen LogP contribution >= 0.6 is 0 Å². The first-order valence-corrected chi connectivity index (χ1v) is 7.42. The number of rotatable bonds is 8. The number of pyridine rings is 1. The minimum absolute atomic E-state index is 0.386. The summed E-state index contributed by atoms with van der Waals surface area (Å²) >= 11 is 0. The van der Waals surface area contributed by atoms with Crippen LogP contribution in [-0.2, 0) is 4.74 Å². The van der Waals surface area contributed by atoms with E-state index in [1.807, 2.05) is 12.3 Å². The zero-order valence-corrected chi connectivity index (χ0v) is 12.4. The highest BCUT2D eigenvalue weighted by molar-refractivity contribution is 5.78. The normalized spacial score (nSPS) is 12.7. The predicted octanol–water partition coefficient (Wildman–Crippen LogP) is 3.70. The second-order valence-corrected chi connectivity index (χ2v) is 5.10. The SMILES string of the molecule is CCCNC(CCCOC)c1ccc2cccnc2c1. The van der Waals surface area contributed by atoms with E-state index in [1.54, 1.807) is 7.11 Å². The van der Waals surface area contributed by atoms with Gasteiger partial charge in [0, 0.05) is 31.3 Å². The summed E-state index contributed by atoms with van der Waals surface area (Å²) in [4.78, 5) is 4.45. The minimum atomic E-state index is 0.386. The molecule has 0 bridgehead atoms. The molecular weight excluding hydrogens is 248 g/mol. The fourth-order valence-corrected chi connectivity index (χ4v) is 2.44. The zero-order chi connectivity index (χ0) is 14.2. The molecule has 2 rings (SSSR count). The quantitative estimate of drug-likeness (QED) is 0.744. The third-order valence-corrected chi connectivity index (χ3v) is 3.51. The molecule has 0 saturated carbocycles. The van der Waals surface area contributed by atoms with E-state index in [0.717, 1.165) is 37.9 Å². The summed E-state index contributed by atoms with van der Waals surface area (Å²) in [6.07, 6.45) is 5.16. The highest BCUT2D eigenvalue weighted by Gasteiger charge is 2.11. The van der Waals surface area contributed by atoms with Gasteiger partial charge in [-0.05, 0) is 43.5 Å². The maximum Gasteiger partial charge on any atom is 0.0705 e. The van der Waals surface area contributed by atoms with Crippen LogP contribution in [0.4, 0.5) is 0 Å². The van der Waals surface area contributed by atoms with Crippen LogP contribution in [0.5, 0.6) is 0 Å². The highest BCUT2D eigenvalue weighted by atomic mass is 16.5. The number of benzene rings is 1. The van der Waals surface area contributed by atoms with E-state index in [0.29, 0.717) is 6.04 Å². The Balaban J connectivity index is 2.15. The van der Waals surface area contributed by atoms with E-state index in [1.165, 1.54) is 10.9 Å². The Hall–Kier alpha value is -1.45. The van der Waals surface area contributed by atoms with Crippen molar-refractivity contribution in [3.8, 4) is 0 Å². The summed E-state index contributed by atoms with van der Waals surface area (Å²) in [5.74, 6) is 0. The molecule has 1 aromatic carbocycles. The molecule has 0 aliphatic rings. The first-order chi connectivity index (χ1) is 9.85. The monoisotopic (exact) mass is 272 g/mol. The van der Waals surface area contributed by atoms with Crippen molar-refractivity contribution in [3.63, 3.8) is 0 Å². The summed E-state index contributed by atoms with van der Waals surface area (Å²) in [5.41, 5.74) is 2.39. The molecule has 3 heteroatoms. The predicted molar refractivity (Wildman–Crippen MR) is 83.9 cm³/mol. The van der Waals surface area contributed by atoms with Gasteiger partial charge in [-0.3, -0.25) is 4.98 Å². The number of aromatic nitrogens is 1. The van der Waals surface area contributed by atoms with Crippen molar-refractivity contribution in [3.05, 3.63) is 42.1 Å². The van der Waals surface area contributed by atoms with Crippen LogP contribution in [0.15, 0.2) is 36.5 Å². The molecule has 0 radical (unpaired) electrons. The Morgan fingerprint density at radius 3 is 3.00 bits per heavy atom. The molecule has 1 N–H and O–H groups in total. The molecule has 1 atom stereocenters. The Morgan fingerprint density at radius 1 is 1.30 bits per heavy atom. The Bertz CT molecular complexity index is 527. The molecule has 0 aliphatic heterocycles. The first kappa shape index (κ1) is 14.9. The molecule has 3 nitrogen and oxygen atoms in total. The van der Waals surface area contributed by atoms with Crippen molar-refractivity contribution in [1.82, 2.24) is 10.3 Å². The maximum atomic E-state index is 5.16. The molecule has 0 fully saturated rings. The van der Waals surface area contributed by atoms with Gasteiger partial charge in [0.05, 0.1) is 5.52 Å². The standard InChI is InChI=1S/C17H24N2O/c1-3-10-18-16(7-5-12-20-2)15-9-8-14-6-4-11-19-17(14)13-15/h4,6,8-9,11,13,16,18H,3,5,7,10,12H2,1-2H3. The van der Waals surface area contributed by atoms with Crippen molar-refractivity contribution in [1.29, 1.82) is 0 Å². The molecule has 0 amide bonds. The van der Waals surface area contributed by atoms with E-state index in [-0.39, 0.29) is 0 Å². The summed E-state index contributed by atoms with van der Waals surface area (Å²) in [7, 11) is 1.76. The number of fused-ring (bicyclic) bond motifs is 1. The number of nitrogens with zero attached hydrogens (tertiary/aromatic N) is 1. The average molecular weight is 272 g/mol. The van der Waals surface area contributed by atoms with Crippen LogP contribution in [-0.4, -0.2) is 25.2 Å². The van der Waals surface area contributed by atoms with Crippen molar-refractivity contribution in [2.24, 2.45) is 0 Å². The molecule has 0 aliphatic carbocycles. The molecule has 2 aromatic rings. The molecule has 20 heavy (non-hydrogen) atoms. The molecule has 0 saturated heterocycles. The highest BCUT2D eigenvalue weighted by Crippen LogP contribution is 2.22. The lowest BCUT2D eigenvalue weighted by molar-refractivity contribution is 0.188. The van der Waals surface area contributed by atoms with Gasteiger partial charge >= 0.3 is 0 Å². The third kappa shape index (κ3) is 4.02. The third-order valence-electron chi connectivity index (χ3n) is 3.51. The lowest BCUT2D eigenvalue weighted by Gasteiger charge is -2.19.